The molecule has 0 amide bonds. The van der Waals surface area contributed by atoms with Crippen LogP contribution in [0.15, 0.2) is 12.4 Å². The Balaban J connectivity index is 1.80. The van der Waals surface area contributed by atoms with Crippen LogP contribution in [0.4, 0.5) is 0 Å². The van der Waals surface area contributed by atoms with Crippen LogP contribution in [0.2, 0.25) is 0 Å². The average Bonchev–Trinajstić information content (AvgIpc) is 2.97. The van der Waals surface area contributed by atoms with Crippen molar-refractivity contribution in [2.45, 2.75) is 59.7 Å². The molecule has 2 rings (SSSR count). The van der Waals surface area contributed by atoms with Gasteiger partial charge in [-0.3, -0.25) is 4.68 Å². The van der Waals surface area contributed by atoms with Gasteiger partial charge in [0.2, 0.25) is 0 Å². The van der Waals surface area contributed by atoms with Crippen molar-refractivity contribution in [3.63, 3.8) is 0 Å². The summed E-state index contributed by atoms with van der Waals surface area (Å²) in [5, 5.41) is 16.2. The van der Waals surface area contributed by atoms with Gasteiger partial charge in [0, 0.05) is 30.7 Å². The number of aromatic nitrogens is 5. The van der Waals surface area contributed by atoms with Gasteiger partial charge in [-0.2, -0.15) is 5.10 Å². The maximum Gasteiger partial charge on any atom is 0.134 e. The molecule has 1 atom stereocenters. The number of hydrogen-bond donors (Lipinski definition) is 1. The Hall–Kier alpha value is -1.69. The summed E-state index contributed by atoms with van der Waals surface area (Å²) in [6.45, 7) is 12.4. The maximum absolute atomic E-state index is 4.50. The Labute approximate surface area is 126 Å². The van der Waals surface area contributed by atoms with E-state index in [1.54, 1.807) is 6.33 Å². The van der Waals surface area contributed by atoms with Gasteiger partial charge < -0.3 is 9.88 Å². The fourth-order valence-corrected chi connectivity index (χ4v) is 2.49. The molecule has 2 aromatic rings. The van der Waals surface area contributed by atoms with Crippen LogP contribution < -0.4 is 5.32 Å². The van der Waals surface area contributed by atoms with Crippen molar-refractivity contribution < 1.29 is 0 Å². The molecule has 0 aromatic carbocycles. The van der Waals surface area contributed by atoms with Gasteiger partial charge in [-0.25, -0.2) is 0 Å². The monoisotopic (exact) mass is 290 g/mol. The normalized spacial score (nSPS) is 13.0. The van der Waals surface area contributed by atoms with Gasteiger partial charge in [0.05, 0.1) is 12.2 Å². The Kier molecular flexibility index (Phi) is 5.12. The first-order valence-corrected chi connectivity index (χ1v) is 7.60. The lowest BCUT2D eigenvalue weighted by molar-refractivity contribution is 0.442. The van der Waals surface area contributed by atoms with Gasteiger partial charge in [-0.15, -0.1) is 10.2 Å². The van der Waals surface area contributed by atoms with Crippen molar-refractivity contribution >= 4 is 0 Å². The van der Waals surface area contributed by atoms with Gasteiger partial charge in [0.1, 0.15) is 12.2 Å². The number of rotatable bonds is 7. The first-order chi connectivity index (χ1) is 9.97. The van der Waals surface area contributed by atoms with Crippen molar-refractivity contribution in [3.05, 3.63) is 29.6 Å². The van der Waals surface area contributed by atoms with E-state index >= 15 is 0 Å². The van der Waals surface area contributed by atoms with E-state index in [0.717, 1.165) is 31.0 Å². The van der Waals surface area contributed by atoms with Crippen LogP contribution in [-0.2, 0) is 13.0 Å². The van der Waals surface area contributed by atoms with Crippen LogP contribution >= 0.6 is 0 Å². The molecular weight excluding hydrogens is 264 g/mol. The summed E-state index contributed by atoms with van der Waals surface area (Å²) < 4.78 is 4.18. The molecule has 21 heavy (non-hydrogen) atoms. The van der Waals surface area contributed by atoms with E-state index in [9.17, 15) is 0 Å². The summed E-state index contributed by atoms with van der Waals surface area (Å²) in [7, 11) is 0. The highest BCUT2D eigenvalue weighted by Gasteiger charge is 2.09. The van der Waals surface area contributed by atoms with Crippen LogP contribution in [0, 0.1) is 13.8 Å². The van der Waals surface area contributed by atoms with E-state index in [-0.39, 0.29) is 0 Å². The van der Waals surface area contributed by atoms with E-state index in [1.807, 2.05) is 6.92 Å². The number of aryl methyl sites for hydroxylation is 2. The second kappa shape index (κ2) is 6.85. The van der Waals surface area contributed by atoms with E-state index < -0.39 is 0 Å². The fourth-order valence-electron chi connectivity index (χ4n) is 2.49. The molecule has 0 saturated carbocycles. The fraction of sp³-hybridized carbons (Fsp3) is 0.667. The molecule has 0 aliphatic carbocycles. The van der Waals surface area contributed by atoms with E-state index in [0.29, 0.717) is 12.1 Å². The van der Waals surface area contributed by atoms with E-state index in [2.05, 4.69) is 63.6 Å². The molecule has 0 fully saturated rings. The van der Waals surface area contributed by atoms with Crippen molar-refractivity contribution in [2.75, 3.05) is 6.54 Å². The highest BCUT2D eigenvalue weighted by molar-refractivity contribution is 5.06. The first kappa shape index (κ1) is 15.7. The predicted octanol–water partition coefficient (Wildman–Crippen LogP) is 1.89. The van der Waals surface area contributed by atoms with Gasteiger partial charge in [0.25, 0.3) is 0 Å². The predicted molar refractivity (Wildman–Crippen MR) is 83.3 cm³/mol. The molecule has 6 nitrogen and oxygen atoms in total. The second-order valence-electron chi connectivity index (χ2n) is 5.96. The molecule has 0 unspecified atom stereocenters. The zero-order chi connectivity index (χ0) is 15.4. The lowest BCUT2D eigenvalue weighted by atomic mass is 10.3. The van der Waals surface area contributed by atoms with Gasteiger partial charge in [0.15, 0.2) is 0 Å². The van der Waals surface area contributed by atoms with Crippen molar-refractivity contribution in [1.82, 2.24) is 29.9 Å². The number of nitrogens with zero attached hydrogens (tertiary/aromatic N) is 5. The number of nitrogens with one attached hydrogen (secondary N) is 1. The third-order valence-electron chi connectivity index (χ3n) is 3.60. The third kappa shape index (κ3) is 4.14. The molecule has 0 spiro atoms. The molecule has 0 bridgehead atoms. The minimum Gasteiger partial charge on any atom is -0.315 e. The SMILES string of the molecule is Cc1cc(C)n(C[C@@H](C)NCCc2nncn2C(C)C)n1. The zero-order valence-electron chi connectivity index (χ0n) is 13.7. The lowest BCUT2D eigenvalue weighted by Gasteiger charge is -2.15. The minimum absolute atomic E-state index is 0.374. The molecule has 0 aliphatic rings. The molecule has 2 aromatic heterocycles. The molecular formula is C15H26N6. The topological polar surface area (TPSA) is 60.6 Å². The standard InChI is InChI=1S/C15H26N6/c1-11(2)20-10-17-18-15(20)6-7-16-13(4)9-21-14(5)8-12(3)19-21/h8,10-11,13,16H,6-7,9H2,1-5H3/t13-/m1/s1. The molecule has 0 saturated heterocycles. The van der Waals surface area contributed by atoms with Crippen LogP contribution in [0.5, 0.6) is 0 Å². The maximum atomic E-state index is 4.50. The van der Waals surface area contributed by atoms with Crippen molar-refractivity contribution in [3.8, 4) is 0 Å². The zero-order valence-corrected chi connectivity index (χ0v) is 13.7. The Morgan fingerprint density at radius 1 is 1.24 bits per heavy atom. The quantitative estimate of drug-likeness (QED) is 0.846. The first-order valence-electron chi connectivity index (χ1n) is 7.60. The minimum atomic E-state index is 0.374. The highest BCUT2D eigenvalue weighted by Crippen LogP contribution is 2.07. The van der Waals surface area contributed by atoms with Crippen LogP contribution in [0.25, 0.3) is 0 Å². The molecule has 6 heteroatoms. The molecule has 0 radical (unpaired) electrons. The van der Waals surface area contributed by atoms with Crippen LogP contribution in [0.3, 0.4) is 0 Å². The van der Waals surface area contributed by atoms with Crippen LogP contribution in [0.1, 0.15) is 44.0 Å². The molecule has 1 N–H and O–H groups in total. The Bertz CT molecular complexity index is 568. The van der Waals surface area contributed by atoms with Gasteiger partial charge in [-0.05, 0) is 40.7 Å². The lowest BCUT2D eigenvalue weighted by Crippen LogP contribution is -2.33. The summed E-state index contributed by atoms with van der Waals surface area (Å²) in [4.78, 5) is 0. The largest absolute Gasteiger partial charge is 0.315 e. The average molecular weight is 290 g/mol. The summed E-state index contributed by atoms with van der Waals surface area (Å²) in [5.41, 5.74) is 2.28. The van der Waals surface area contributed by atoms with Gasteiger partial charge >= 0.3 is 0 Å². The van der Waals surface area contributed by atoms with Crippen LogP contribution in [-0.4, -0.2) is 37.1 Å². The highest BCUT2D eigenvalue weighted by atomic mass is 15.3. The molecule has 0 aliphatic heterocycles. The summed E-state index contributed by atoms with van der Waals surface area (Å²) in [5.74, 6) is 1.04. The van der Waals surface area contributed by atoms with Crippen molar-refractivity contribution in [2.24, 2.45) is 0 Å². The van der Waals surface area contributed by atoms with Crippen molar-refractivity contribution in [1.29, 1.82) is 0 Å². The molecule has 2 heterocycles. The molecule has 116 valence electrons. The smallest absolute Gasteiger partial charge is 0.134 e. The summed E-state index contributed by atoms with van der Waals surface area (Å²) in [6.07, 6.45) is 2.69. The van der Waals surface area contributed by atoms with Gasteiger partial charge in [-0.1, -0.05) is 0 Å². The number of hydrogen-bond acceptors (Lipinski definition) is 4. The Morgan fingerprint density at radius 2 is 2.00 bits per heavy atom. The third-order valence-corrected chi connectivity index (χ3v) is 3.60. The Morgan fingerprint density at radius 3 is 2.62 bits per heavy atom. The van der Waals surface area contributed by atoms with E-state index in [1.165, 1.54) is 5.69 Å². The second-order valence-corrected chi connectivity index (χ2v) is 5.96. The van der Waals surface area contributed by atoms with E-state index in [4.69, 9.17) is 0 Å². The summed E-state index contributed by atoms with van der Waals surface area (Å²) >= 11 is 0. The summed E-state index contributed by atoms with van der Waals surface area (Å²) in [6, 6.07) is 2.89.